The number of nitrogens with one attached hydrogen (secondary N) is 2. The van der Waals surface area contributed by atoms with Crippen molar-refractivity contribution in [3.63, 3.8) is 0 Å². The van der Waals surface area contributed by atoms with Crippen molar-refractivity contribution in [3.05, 3.63) is 41.3 Å². The van der Waals surface area contributed by atoms with Gasteiger partial charge in [-0.1, -0.05) is 11.2 Å². The molecule has 7 nitrogen and oxygen atoms in total. The van der Waals surface area contributed by atoms with Gasteiger partial charge >= 0.3 is 6.03 Å². The first-order valence-electron chi connectivity index (χ1n) is 8.11. The van der Waals surface area contributed by atoms with Crippen molar-refractivity contribution in [1.82, 2.24) is 10.5 Å². The van der Waals surface area contributed by atoms with Crippen LogP contribution >= 0.6 is 0 Å². The van der Waals surface area contributed by atoms with E-state index in [0.29, 0.717) is 17.8 Å². The Morgan fingerprint density at radius 2 is 2.04 bits per heavy atom. The number of aryl methyl sites for hydroxylation is 2. The van der Waals surface area contributed by atoms with Crippen LogP contribution in [-0.4, -0.2) is 30.2 Å². The largest absolute Gasteiger partial charge is 0.361 e. The summed E-state index contributed by atoms with van der Waals surface area (Å²) in [5.74, 6) is 0.696. The summed E-state index contributed by atoms with van der Waals surface area (Å²) in [6.07, 6.45) is 0.641. The Kier molecular flexibility index (Phi) is 5.80. The summed E-state index contributed by atoms with van der Waals surface area (Å²) < 4.78 is 5.14. The zero-order valence-corrected chi connectivity index (χ0v) is 15.2. The second-order valence-corrected chi connectivity index (χ2v) is 6.13. The molecular formula is C18H24N4O3. The zero-order chi connectivity index (χ0) is 18.6. The van der Waals surface area contributed by atoms with Gasteiger partial charge in [-0.15, -0.1) is 0 Å². The topological polar surface area (TPSA) is 87.5 Å². The predicted octanol–water partition coefficient (Wildman–Crippen LogP) is 3.03. The summed E-state index contributed by atoms with van der Waals surface area (Å²) >= 11 is 0. The number of nitrogens with zero attached hydrogens (tertiary/aromatic N) is 2. The van der Waals surface area contributed by atoms with Gasteiger partial charge in [0.2, 0.25) is 5.91 Å². The minimum atomic E-state index is -0.304. The van der Waals surface area contributed by atoms with Gasteiger partial charge in [0.15, 0.2) is 0 Å². The SMILES string of the molecule is CC(=O)N(C)c1cccc(NC(=O)N[C@H](C)Cc2c(C)noc2C)c1. The van der Waals surface area contributed by atoms with Crippen LogP contribution < -0.4 is 15.5 Å². The van der Waals surface area contributed by atoms with Gasteiger partial charge in [-0.25, -0.2) is 4.79 Å². The molecule has 3 amide bonds. The molecule has 0 spiro atoms. The molecule has 1 heterocycles. The number of hydrogen-bond acceptors (Lipinski definition) is 4. The van der Waals surface area contributed by atoms with Gasteiger partial charge < -0.3 is 20.1 Å². The molecule has 0 bridgehead atoms. The van der Waals surface area contributed by atoms with E-state index < -0.39 is 0 Å². The van der Waals surface area contributed by atoms with E-state index in [1.54, 1.807) is 25.2 Å². The molecule has 134 valence electrons. The van der Waals surface area contributed by atoms with E-state index in [9.17, 15) is 9.59 Å². The van der Waals surface area contributed by atoms with E-state index in [1.807, 2.05) is 26.8 Å². The van der Waals surface area contributed by atoms with Crippen molar-refractivity contribution in [2.75, 3.05) is 17.3 Å². The van der Waals surface area contributed by atoms with Gasteiger partial charge in [-0.3, -0.25) is 4.79 Å². The van der Waals surface area contributed by atoms with Gasteiger partial charge in [-0.2, -0.15) is 0 Å². The molecule has 1 aromatic carbocycles. The predicted molar refractivity (Wildman–Crippen MR) is 96.8 cm³/mol. The summed E-state index contributed by atoms with van der Waals surface area (Å²) in [6, 6.07) is 6.74. The minimum absolute atomic E-state index is 0.0744. The Labute approximate surface area is 147 Å². The van der Waals surface area contributed by atoms with Crippen LogP contribution in [0, 0.1) is 13.8 Å². The number of aromatic nitrogens is 1. The van der Waals surface area contributed by atoms with Gasteiger partial charge in [0.05, 0.1) is 5.69 Å². The molecule has 2 rings (SSSR count). The molecular weight excluding hydrogens is 320 g/mol. The van der Waals surface area contributed by atoms with E-state index in [2.05, 4.69) is 15.8 Å². The molecule has 2 N–H and O–H groups in total. The number of urea groups is 1. The van der Waals surface area contributed by atoms with Crippen LogP contribution in [-0.2, 0) is 11.2 Å². The molecule has 1 aromatic heterocycles. The number of amides is 3. The Balaban J connectivity index is 1.96. The first kappa shape index (κ1) is 18.5. The average molecular weight is 344 g/mol. The number of anilines is 2. The molecule has 0 radical (unpaired) electrons. The normalized spacial score (nSPS) is 11.7. The second kappa shape index (κ2) is 7.83. The Morgan fingerprint density at radius 3 is 2.64 bits per heavy atom. The van der Waals surface area contributed by atoms with E-state index >= 15 is 0 Å². The summed E-state index contributed by atoms with van der Waals surface area (Å²) in [6.45, 7) is 7.16. The average Bonchev–Trinajstić information content (AvgIpc) is 2.86. The van der Waals surface area contributed by atoms with Crippen LogP contribution in [0.25, 0.3) is 0 Å². The van der Waals surface area contributed by atoms with E-state index in [1.165, 1.54) is 11.8 Å². The number of benzene rings is 1. The lowest BCUT2D eigenvalue weighted by atomic mass is 10.1. The van der Waals surface area contributed by atoms with Crippen molar-refractivity contribution in [2.24, 2.45) is 0 Å². The third kappa shape index (κ3) is 4.82. The van der Waals surface area contributed by atoms with Crippen molar-refractivity contribution in [2.45, 2.75) is 40.2 Å². The molecule has 0 saturated carbocycles. The van der Waals surface area contributed by atoms with Crippen molar-refractivity contribution in [3.8, 4) is 0 Å². The number of rotatable bonds is 5. The van der Waals surface area contributed by atoms with Gasteiger partial charge in [-0.05, 0) is 45.4 Å². The van der Waals surface area contributed by atoms with E-state index in [-0.39, 0.29) is 18.0 Å². The molecule has 0 saturated heterocycles. The quantitative estimate of drug-likeness (QED) is 0.873. The third-order valence-electron chi connectivity index (χ3n) is 4.03. The molecule has 0 aliphatic heterocycles. The van der Waals surface area contributed by atoms with Gasteiger partial charge in [0.25, 0.3) is 0 Å². The maximum Gasteiger partial charge on any atom is 0.319 e. The molecule has 0 aliphatic carbocycles. The summed E-state index contributed by atoms with van der Waals surface area (Å²) in [5, 5.41) is 9.60. The number of carbonyl (C=O) groups excluding carboxylic acids is 2. The molecule has 1 atom stereocenters. The fourth-order valence-corrected chi connectivity index (χ4v) is 2.52. The van der Waals surface area contributed by atoms with Crippen molar-refractivity contribution >= 4 is 23.3 Å². The smallest absolute Gasteiger partial charge is 0.319 e. The summed E-state index contributed by atoms with van der Waals surface area (Å²) in [7, 11) is 1.69. The number of carbonyl (C=O) groups is 2. The van der Waals surface area contributed by atoms with Crippen LogP contribution in [0.15, 0.2) is 28.8 Å². The van der Waals surface area contributed by atoms with Crippen LogP contribution in [0.2, 0.25) is 0 Å². The second-order valence-electron chi connectivity index (χ2n) is 6.13. The van der Waals surface area contributed by atoms with E-state index in [4.69, 9.17) is 4.52 Å². The lowest BCUT2D eigenvalue weighted by Crippen LogP contribution is -2.37. The minimum Gasteiger partial charge on any atom is -0.361 e. The highest BCUT2D eigenvalue weighted by Gasteiger charge is 2.15. The molecule has 7 heteroatoms. The first-order valence-corrected chi connectivity index (χ1v) is 8.11. The maximum atomic E-state index is 12.2. The zero-order valence-electron chi connectivity index (χ0n) is 15.2. The van der Waals surface area contributed by atoms with Crippen LogP contribution in [0.1, 0.15) is 30.9 Å². The fraction of sp³-hybridized carbons (Fsp3) is 0.389. The van der Waals surface area contributed by atoms with E-state index in [0.717, 1.165) is 17.0 Å². The Bertz CT molecular complexity index is 750. The lowest BCUT2D eigenvalue weighted by molar-refractivity contribution is -0.116. The Hall–Kier alpha value is -2.83. The highest BCUT2D eigenvalue weighted by molar-refractivity contribution is 5.93. The highest BCUT2D eigenvalue weighted by Crippen LogP contribution is 2.19. The van der Waals surface area contributed by atoms with Gasteiger partial charge in [0, 0.05) is 37.0 Å². The van der Waals surface area contributed by atoms with Crippen LogP contribution in [0.3, 0.4) is 0 Å². The Morgan fingerprint density at radius 1 is 1.32 bits per heavy atom. The maximum absolute atomic E-state index is 12.2. The van der Waals surface area contributed by atoms with Gasteiger partial charge in [0.1, 0.15) is 5.76 Å². The van der Waals surface area contributed by atoms with Crippen molar-refractivity contribution < 1.29 is 14.1 Å². The monoisotopic (exact) mass is 344 g/mol. The van der Waals surface area contributed by atoms with Crippen LogP contribution in [0.4, 0.5) is 16.2 Å². The van der Waals surface area contributed by atoms with Crippen molar-refractivity contribution in [1.29, 1.82) is 0 Å². The summed E-state index contributed by atoms with van der Waals surface area (Å²) in [4.78, 5) is 25.2. The molecule has 2 aromatic rings. The standard InChI is InChI=1S/C18H24N4O3/c1-11(9-17-12(2)21-25-13(17)3)19-18(24)20-15-7-6-8-16(10-15)22(5)14(4)23/h6-8,10-11H,9H2,1-5H3,(H2,19,20,24)/t11-/m1/s1. The molecule has 0 fully saturated rings. The van der Waals surface area contributed by atoms with Crippen LogP contribution in [0.5, 0.6) is 0 Å². The third-order valence-corrected chi connectivity index (χ3v) is 4.03. The summed E-state index contributed by atoms with van der Waals surface area (Å²) in [5.41, 5.74) is 3.19. The molecule has 0 unspecified atom stereocenters. The first-order chi connectivity index (χ1) is 11.8. The number of hydrogen-bond donors (Lipinski definition) is 2. The highest BCUT2D eigenvalue weighted by atomic mass is 16.5. The lowest BCUT2D eigenvalue weighted by Gasteiger charge is -2.17. The fourth-order valence-electron chi connectivity index (χ4n) is 2.52. The molecule has 0 aliphatic rings. The molecule has 25 heavy (non-hydrogen) atoms.